The molecular weight excluding hydrogens is 244 g/mol. The number of fused-ring (bicyclic) bond motifs is 1. The number of nitrogens with one attached hydrogen (secondary N) is 2. The second kappa shape index (κ2) is 4.56. The average molecular weight is 256 g/mol. The largest absolute Gasteiger partial charge is 0.497 e. The fourth-order valence-corrected chi connectivity index (χ4v) is 1.92. The summed E-state index contributed by atoms with van der Waals surface area (Å²) in [5.41, 5.74) is 1.91. The zero-order valence-electron chi connectivity index (χ0n) is 10.3. The molecule has 6 heteroatoms. The molecule has 0 radical (unpaired) electrons. The number of hydrogen-bond acceptors (Lipinski definition) is 4. The summed E-state index contributed by atoms with van der Waals surface area (Å²) in [5.74, 6) is 1.45. The van der Waals surface area contributed by atoms with Crippen molar-refractivity contribution in [1.29, 1.82) is 0 Å². The molecule has 0 atom stereocenters. The maximum Gasteiger partial charge on any atom is 0.325 e. The normalized spacial score (nSPS) is 10.8. The predicted octanol–water partition coefficient (Wildman–Crippen LogP) is 1.25. The van der Waals surface area contributed by atoms with Crippen molar-refractivity contribution in [2.75, 3.05) is 7.11 Å². The van der Waals surface area contributed by atoms with Crippen LogP contribution in [0.2, 0.25) is 0 Å². The van der Waals surface area contributed by atoms with Gasteiger partial charge in [0.1, 0.15) is 17.1 Å². The molecule has 0 fully saturated rings. The molecule has 0 aliphatic rings. The average Bonchev–Trinajstić information content (AvgIpc) is 2.78. The van der Waals surface area contributed by atoms with E-state index in [1.807, 2.05) is 24.3 Å². The van der Waals surface area contributed by atoms with Crippen molar-refractivity contribution in [3.8, 4) is 5.75 Å². The lowest BCUT2D eigenvalue weighted by Crippen LogP contribution is -1.99. The zero-order valence-corrected chi connectivity index (χ0v) is 10.3. The Morgan fingerprint density at radius 2 is 2.21 bits per heavy atom. The quantitative estimate of drug-likeness (QED) is 0.738. The highest BCUT2D eigenvalue weighted by molar-refractivity contribution is 5.68. The van der Waals surface area contributed by atoms with E-state index in [0.29, 0.717) is 23.4 Å². The minimum Gasteiger partial charge on any atom is -0.497 e. The van der Waals surface area contributed by atoms with Gasteiger partial charge in [0, 0.05) is 6.42 Å². The number of aromatic nitrogens is 4. The first-order valence-electron chi connectivity index (χ1n) is 5.81. The third kappa shape index (κ3) is 2.33. The Bertz CT molecular complexity index is 775. The number of benzene rings is 1. The van der Waals surface area contributed by atoms with Crippen molar-refractivity contribution in [3.05, 3.63) is 52.3 Å². The molecule has 3 aromatic rings. The second-order valence-electron chi connectivity index (χ2n) is 4.16. The van der Waals surface area contributed by atoms with E-state index in [-0.39, 0.29) is 5.69 Å². The minimum atomic E-state index is -0.275. The Balaban J connectivity index is 1.93. The molecule has 2 heterocycles. The van der Waals surface area contributed by atoms with Gasteiger partial charge in [-0.2, -0.15) is 0 Å². The molecule has 2 N–H and O–H groups in total. The van der Waals surface area contributed by atoms with Crippen LogP contribution in [-0.2, 0) is 6.42 Å². The second-order valence-corrected chi connectivity index (χ2v) is 4.16. The summed E-state index contributed by atoms with van der Waals surface area (Å²) in [7, 11) is 1.63. The standard InChI is InChI=1S/C13H12N4O2/c1-19-9-4-2-3-8(5-9)6-11-14-7-10-12(16-11)17-13(18)15-10/h2-5,7H,6H2,1H3,(H2,14,15,16,17,18). The van der Waals surface area contributed by atoms with Crippen LogP contribution in [0.3, 0.4) is 0 Å². The van der Waals surface area contributed by atoms with Gasteiger partial charge < -0.3 is 9.72 Å². The molecule has 0 unspecified atom stereocenters. The van der Waals surface area contributed by atoms with Gasteiger partial charge in [-0.15, -0.1) is 0 Å². The van der Waals surface area contributed by atoms with E-state index in [1.165, 1.54) is 0 Å². The summed E-state index contributed by atoms with van der Waals surface area (Å²) in [6.07, 6.45) is 2.19. The van der Waals surface area contributed by atoms with Crippen LogP contribution < -0.4 is 10.4 Å². The lowest BCUT2D eigenvalue weighted by atomic mass is 10.1. The van der Waals surface area contributed by atoms with Crippen LogP contribution in [0.5, 0.6) is 5.75 Å². The topological polar surface area (TPSA) is 83.7 Å². The van der Waals surface area contributed by atoms with Crippen molar-refractivity contribution < 1.29 is 4.74 Å². The molecule has 19 heavy (non-hydrogen) atoms. The summed E-state index contributed by atoms with van der Waals surface area (Å²) in [6, 6.07) is 7.73. The van der Waals surface area contributed by atoms with Gasteiger partial charge in [-0.25, -0.2) is 14.8 Å². The van der Waals surface area contributed by atoms with Crippen LogP contribution in [0.25, 0.3) is 11.2 Å². The highest BCUT2D eigenvalue weighted by Crippen LogP contribution is 2.15. The number of imidazole rings is 1. The summed E-state index contributed by atoms with van der Waals surface area (Å²) in [5, 5.41) is 0. The van der Waals surface area contributed by atoms with Gasteiger partial charge in [0.05, 0.1) is 13.3 Å². The number of rotatable bonds is 3. The summed E-state index contributed by atoms with van der Waals surface area (Å²) in [4.78, 5) is 24.9. The van der Waals surface area contributed by atoms with E-state index < -0.39 is 0 Å². The Morgan fingerprint density at radius 1 is 1.32 bits per heavy atom. The van der Waals surface area contributed by atoms with E-state index in [0.717, 1.165) is 11.3 Å². The van der Waals surface area contributed by atoms with Crippen LogP contribution in [0.1, 0.15) is 11.4 Å². The van der Waals surface area contributed by atoms with E-state index in [2.05, 4.69) is 19.9 Å². The van der Waals surface area contributed by atoms with Crippen LogP contribution in [0.4, 0.5) is 0 Å². The molecule has 2 aromatic heterocycles. The Hall–Kier alpha value is -2.63. The molecular formula is C13H12N4O2. The SMILES string of the molecule is COc1cccc(Cc2ncc3[nH]c(=O)[nH]c3n2)c1. The van der Waals surface area contributed by atoms with E-state index in [1.54, 1.807) is 13.3 Å². The van der Waals surface area contributed by atoms with Gasteiger partial charge in [-0.1, -0.05) is 12.1 Å². The minimum absolute atomic E-state index is 0.275. The number of methoxy groups -OCH3 is 1. The van der Waals surface area contributed by atoms with Crippen LogP contribution in [0, 0.1) is 0 Å². The highest BCUT2D eigenvalue weighted by Gasteiger charge is 2.04. The fourth-order valence-electron chi connectivity index (χ4n) is 1.92. The van der Waals surface area contributed by atoms with Gasteiger partial charge in [-0.3, -0.25) is 4.98 Å². The molecule has 3 rings (SSSR count). The summed E-state index contributed by atoms with van der Waals surface area (Å²) < 4.78 is 5.17. The van der Waals surface area contributed by atoms with Crippen molar-refractivity contribution >= 4 is 11.2 Å². The Labute approximate surface area is 108 Å². The number of ether oxygens (including phenoxy) is 1. The molecule has 6 nitrogen and oxygen atoms in total. The van der Waals surface area contributed by atoms with Gasteiger partial charge in [0.25, 0.3) is 0 Å². The molecule has 0 aliphatic carbocycles. The molecule has 0 spiro atoms. The maximum absolute atomic E-state index is 11.1. The molecule has 96 valence electrons. The summed E-state index contributed by atoms with van der Waals surface area (Å²) in [6.45, 7) is 0. The van der Waals surface area contributed by atoms with Gasteiger partial charge in [-0.05, 0) is 17.7 Å². The van der Waals surface area contributed by atoms with Crippen LogP contribution in [-0.4, -0.2) is 27.0 Å². The van der Waals surface area contributed by atoms with Crippen molar-refractivity contribution in [1.82, 2.24) is 19.9 Å². The molecule has 0 aliphatic heterocycles. The first-order chi connectivity index (χ1) is 9.24. The van der Waals surface area contributed by atoms with E-state index in [4.69, 9.17) is 4.74 Å². The number of H-pyrrole nitrogens is 2. The predicted molar refractivity (Wildman–Crippen MR) is 70.3 cm³/mol. The van der Waals surface area contributed by atoms with Crippen molar-refractivity contribution in [2.24, 2.45) is 0 Å². The third-order valence-corrected chi connectivity index (χ3v) is 2.82. The van der Waals surface area contributed by atoms with E-state index in [9.17, 15) is 4.79 Å². The number of hydrogen-bond donors (Lipinski definition) is 2. The molecule has 0 bridgehead atoms. The van der Waals surface area contributed by atoms with Crippen molar-refractivity contribution in [3.63, 3.8) is 0 Å². The van der Waals surface area contributed by atoms with Crippen LogP contribution >= 0.6 is 0 Å². The number of nitrogens with zero attached hydrogens (tertiary/aromatic N) is 2. The molecule has 0 saturated carbocycles. The summed E-state index contributed by atoms with van der Waals surface area (Å²) >= 11 is 0. The lowest BCUT2D eigenvalue weighted by molar-refractivity contribution is 0.414. The van der Waals surface area contributed by atoms with Gasteiger partial charge in [0.15, 0.2) is 5.65 Å². The third-order valence-electron chi connectivity index (χ3n) is 2.82. The maximum atomic E-state index is 11.1. The number of aromatic amines is 2. The molecule has 1 aromatic carbocycles. The van der Waals surface area contributed by atoms with E-state index >= 15 is 0 Å². The smallest absolute Gasteiger partial charge is 0.325 e. The monoisotopic (exact) mass is 256 g/mol. The Kier molecular flexibility index (Phi) is 2.75. The lowest BCUT2D eigenvalue weighted by Gasteiger charge is -2.03. The van der Waals surface area contributed by atoms with Crippen molar-refractivity contribution in [2.45, 2.75) is 6.42 Å². The van der Waals surface area contributed by atoms with Gasteiger partial charge in [0.2, 0.25) is 0 Å². The van der Waals surface area contributed by atoms with Gasteiger partial charge >= 0.3 is 5.69 Å². The highest BCUT2D eigenvalue weighted by atomic mass is 16.5. The molecule has 0 saturated heterocycles. The molecule has 0 amide bonds. The Morgan fingerprint density at radius 3 is 3.05 bits per heavy atom. The fraction of sp³-hybridized carbons (Fsp3) is 0.154. The van der Waals surface area contributed by atoms with Crippen LogP contribution in [0.15, 0.2) is 35.3 Å². The first kappa shape index (κ1) is 11.5. The zero-order chi connectivity index (χ0) is 13.2. The first-order valence-corrected chi connectivity index (χ1v) is 5.81.